The molecule has 1 aliphatic rings. The second-order valence-electron chi connectivity index (χ2n) is 7.05. The summed E-state index contributed by atoms with van der Waals surface area (Å²) in [5.74, 6) is 0.615. The molecule has 1 N–H and O–H groups in total. The summed E-state index contributed by atoms with van der Waals surface area (Å²) in [6.45, 7) is 4.68. The Morgan fingerprint density at radius 1 is 1.22 bits per heavy atom. The van der Waals surface area contributed by atoms with Crippen LogP contribution in [0.1, 0.15) is 24.2 Å². The number of aromatic nitrogens is 3. The zero-order chi connectivity index (χ0) is 18.8. The van der Waals surface area contributed by atoms with Gasteiger partial charge in [-0.15, -0.1) is 0 Å². The van der Waals surface area contributed by atoms with Crippen LogP contribution in [-0.2, 0) is 17.6 Å². The fraction of sp³-hybridized carbons (Fsp3) is 0.400. The summed E-state index contributed by atoms with van der Waals surface area (Å²) in [6, 6.07) is 8.57. The summed E-state index contributed by atoms with van der Waals surface area (Å²) in [7, 11) is 0. The molecule has 1 saturated heterocycles. The molecule has 142 valence electrons. The summed E-state index contributed by atoms with van der Waals surface area (Å²) in [5, 5.41) is 0.712. The zero-order valence-electron chi connectivity index (χ0n) is 15.3. The number of fused-ring (bicyclic) bond motifs is 1. The van der Waals surface area contributed by atoms with Crippen molar-refractivity contribution >= 4 is 22.2 Å². The number of imidazole rings is 1. The Bertz CT molecular complexity index is 906. The van der Waals surface area contributed by atoms with E-state index >= 15 is 0 Å². The quantitative estimate of drug-likeness (QED) is 0.684. The molecule has 7 heteroatoms. The van der Waals surface area contributed by atoms with Crippen molar-refractivity contribution in [2.45, 2.75) is 36.5 Å². The van der Waals surface area contributed by atoms with Gasteiger partial charge in [-0.1, -0.05) is 12.1 Å². The number of rotatable bonds is 5. The number of pyridine rings is 1. The molecule has 4 rings (SSSR count). The number of piperidine rings is 1. The van der Waals surface area contributed by atoms with E-state index in [0.29, 0.717) is 5.03 Å². The number of aromatic amines is 1. The summed E-state index contributed by atoms with van der Waals surface area (Å²) < 4.78 is 26.1. The average molecular weight is 386 g/mol. The Morgan fingerprint density at radius 2 is 1.96 bits per heavy atom. The van der Waals surface area contributed by atoms with E-state index in [1.165, 1.54) is 12.1 Å². The fourth-order valence-corrected chi connectivity index (χ4v) is 5.09. The number of H-pyrrole nitrogens is 1. The van der Waals surface area contributed by atoms with Crippen molar-refractivity contribution in [3.8, 4) is 0 Å². The molecule has 0 saturated carbocycles. The summed E-state index contributed by atoms with van der Waals surface area (Å²) in [4.78, 5) is 14.4. The Kier molecular flexibility index (Phi) is 5.43. The first-order valence-corrected chi connectivity index (χ1v) is 10.5. The molecule has 1 unspecified atom stereocenters. The van der Waals surface area contributed by atoms with Crippen molar-refractivity contribution < 1.29 is 8.94 Å². The maximum Gasteiger partial charge on any atom is 0.272 e. The lowest BCUT2D eigenvalue weighted by Gasteiger charge is -2.32. The van der Waals surface area contributed by atoms with Crippen LogP contribution in [0.25, 0.3) is 11.0 Å². The van der Waals surface area contributed by atoms with E-state index in [0.717, 1.165) is 61.3 Å². The lowest BCUT2D eigenvalue weighted by atomic mass is 10.1. The molecular weight excluding hydrogens is 363 g/mol. The first-order chi connectivity index (χ1) is 13.1. The lowest BCUT2D eigenvalue weighted by molar-refractivity contribution is 0.232. The summed E-state index contributed by atoms with van der Waals surface area (Å²) in [5.41, 5.74) is 2.77. The fourth-order valence-electron chi connectivity index (χ4n) is 3.62. The van der Waals surface area contributed by atoms with Gasteiger partial charge >= 0.3 is 0 Å². The SMILES string of the molecule is Cc1nc2c([S+]([O-])C3CCN(CCc4ccc(F)cc4)CC3)nccc2[nH]1. The van der Waals surface area contributed by atoms with Crippen LogP contribution in [0.15, 0.2) is 41.6 Å². The molecule has 0 bridgehead atoms. The number of nitrogens with zero attached hydrogens (tertiary/aromatic N) is 3. The largest absolute Gasteiger partial charge is 0.610 e. The predicted molar refractivity (Wildman–Crippen MR) is 105 cm³/mol. The Balaban J connectivity index is 1.35. The van der Waals surface area contributed by atoms with Crippen molar-refractivity contribution in [1.29, 1.82) is 0 Å². The molecule has 1 aromatic carbocycles. The van der Waals surface area contributed by atoms with Crippen LogP contribution in [0.4, 0.5) is 4.39 Å². The third-order valence-corrected chi connectivity index (χ3v) is 6.90. The monoisotopic (exact) mass is 386 g/mol. The molecule has 0 radical (unpaired) electrons. The van der Waals surface area contributed by atoms with Crippen LogP contribution >= 0.6 is 0 Å². The van der Waals surface area contributed by atoms with Crippen LogP contribution in [0.2, 0.25) is 0 Å². The zero-order valence-corrected chi connectivity index (χ0v) is 16.1. The number of aryl methyl sites for hydroxylation is 1. The van der Waals surface area contributed by atoms with Crippen molar-refractivity contribution in [1.82, 2.24) is 19.9 Å². The highest BCUT2D eigenvalue weighted by molar-refractivity contribution is 7.92. The van der Waals surface area contributed by atoms with Crippen molar-refractivity contribution in [3.05, 3.63) is 53.7 Å². The van der Waals surface area contributed by atoms with E-state index in [4.69, 9.17) is 0 Å². The van der Waals surface area contributed by atoms with E-state index in [1.54, 1.807) is 6.20 Å². The van der Waals surface area contributed by atoms with E-state index in [1.807, 2.05) is 25.1 Å². The van der Waals surface area contributed by atoms with Crippen LogP contribution < -0.4 is 0 Å². The average Bonchev–Trinajstić information content (AvgIpc) is 3.07. The predicted octanol–water partition coefficient (Wildman–Crippen LogP) is 3.22. The number of hydrogen-bond acceptors (Lipinski definition) is 4. The molecular formula is C20H23FN4OS. The first kappa shape index (κ1) is 18.4. The molecule has 3 aromatic rings. The van der Waals surface area contributed by atoms with Gasteiger partial charge in [-0.05, 0) is 37.1 Å². The highest BCUT2D eigenvalue weighted by atomic mass is 32.2. The van der Waals surface area contributed by atoms with Gasteiger partial charge in [-0.25, -0.2) is 14.4 Å². The number of benzene rings is 1. The number of likely N-dealkylation sites (tertiary alicyclic amines) is 1. The molecule has 0 amide bonds. The van der Waals surface area contributed by atoms with E-state index in [-0.39, 0.29) is 11.1 Å². The molecule has 1 atom stereocenters. The summed E-state index contributed by atoms with van der Waals surface area (Å²) >= 11 is -1.15. The molecule has 0 spiro atoms. The summed E-state index contributed by atoms with van der Waals surface area (Å²) in [6.07, 6.45) is 4.38. The van der Waals surface area contributed by atoms with Gasteiger partial charge in [0.05, 0.1) is 5.52 Å². The molecule has 5 nitrogen and oxygen atoms in total. The van der Waals surface area contributed by atoms with Gasteiger partial charge in [0.15, 0.2) is 5.52 Å². The minimum absolute atomic E-state index is 0.113. The van der Waals surface area contributed by atoms with Crippen molar-refractivity contribution in [2.75, 3.05) is 19.6 Å². The van der Waals surface area contributed by atoms with Gasteiger partial charge in [0.1, 0.15) is 16.9 Å². The molecule has 1 fully saturated rings. The number of nitrogens with one attached hydrogen (secondary N) is 1. The molecule has 2 aromatic heterocycles. The first-order valence-electron chi connectivity index (χ1n) is 9.29. The van der Waals surface area contributed by atoms with Gasteiger partial charge in [-0.2, -0.15) is 0 Å². The van der Waals surface area contributed by atoms with Crippen LogP contribution in [0.3, 0.4) is 0 Å². The van der Waals surface area contributed by atoms with Crippen LogP contribution in [-0.4, -0.2) is 49.3 Å². The number of hydrogen-bond donors (Lipinski definition) is 1. The Hall–Kier alpha value is -1.96. The second-order valence-corrected chi connectivity index (χ2v) is 8.70. The molecule has 27 heavy (non-hydrogen) atoms. The Morgan fingerprint density at radius 3 is 2.70 bits per heavy atom. The van der Waals surface area contributed by atoms with Gasteiger partial charge in [0, 0.05) is 49.8 Å². The third kappa shape index (κ3) is 4.15. The maximum absolute atomic E-state index is 13.1. The molecule has 0 aliphatic carbocycles. The molecule has 1 aliphatic heterocycles. The minimum atomic E-state index is -1.15. The minimum Gasteiger partial charge on any atom is -0.610 e. The van der Waals surface area contributed by atoms with E-state index < -0.39 is 11.2 Å². The molecule has 3 heterocycles. The number of halogens is 1. The highest BCUT2D eigenvalue weighted by Gasteiger charge is 2.32. The highest BCUT2D eigenvalue weighted by Crippen LogP contribution is 2.27. The topological polar surface area (TPSA) is 67.9 Å². The Labute approximate surface area is 161 Å². The third-order valence-electron chi connectivity index (χ3n) is 5.14. The van der Waals surface area contributed by atoms with Gasteiger partial charge < -0.3 is 14.4 Å². The van der Waals surface area contributed by atoms with Crippen LogP contribution in [0.5, 0.6) is 0 Å². The van der Waals surface area contributed by atoms with Gasteiger partial charge in [-0.3, -0.25) is 0 Å². The van der Waals surface area contributed by atoms with Crippen molar-refractivity contribution in [3.63, 3.8) is 0 Å². The van der Waals surface area contributed by atoms with E-state index in [9.17, 15) is 8.94 Å². The van der Waals surface area contributed by atoms with Crippen LogP contribution in [0, 0.1) is 12.7 Å². The van der Waals surface area contributed by atoms with Gasteiger partial charge in [0.25, 0.3) is 5.03 Å². The van der Waals surface area contributed by atoms with Gasteiger partial charge in [0.2, 0.25) is 0 Å². The normalized spacial score (nSPS) is 17.4. The second kappa shape index (κ2) is 7.96. The van der Waals surface area contributed by atoms with Crippen molar-refractivity contribution in [2.24, 2.45) is 0 Å². The maximum atomic E-state index is 13.1. The smallest absolute Gasteiger partial charge is 0.272 e. The standard InChI is InChI=1S/C20H23FN4OS/c1-14-23-18-6-10-22-20(19(18)24-14)27(26)17-8-12-25(13-9-17)11-7-15-2-4-16(21)5-3-15/h2-6,10,17H,7-9,11-13H2,1H3,(H,23,24). The lowest BCUT2D eigenvalue weighted by Crippen LogP contribution is -2.40. The van der Waals surface area contributed by atoms with E-state index in [2.05, 4.69) is 19.9 Å².